The Morgan fingerprint density at radius 1 is 1.11 bits per heavy atom. The molecule has 0 fully saturated rings. The number of hydrogen-bond acceptors (Lipinski definition) is 2. The van der Waals surface area contributed by atoms with E-state index >= 15 is 0 Å². The molecule has 100 valence electrons. The minimum Gasteiger partial charge on any atom is -0.398 e. The molecule has 2 aromatic rings. The van der Waals surface area contributed by atoms with Crippen molar-refractivity contribution < 1.29 is 8.60 Å². The molecule has 19 heavy (non-hydrogen) atoms. The van der Waals surface area contributed by atoms with Gasteiger partial charge in [-0.15, -0.1) is 0 Å². The minimum absolute atomic E-state index is 0.0892. The summed E-state index contributed by atoms with van der Waals surface area (Å²) in [6.45, 7) is 0. The maximum atomic E-state index is 13.6. The number of rotatable bonds is 3. The van der Waals surface area contributed by atoms with E-state index in [1.165, 1.54) is 6.07 Å². The van der Waals surface area contributed by atoms with E-state index in [-0.39, 0.29) is 11.6 Å². The van der Waals surface area contributed by atoms with E-state index in [9.17, 15) is 8.60 Å². The first-order chi connectivity index (χ1) is 8.97. The van der Waals surface area contributed by atoms with Crippen LogP contribution in [0.4, 0.5) is 10.1 Å². The maximum absolute atomic E-state index is 13.6. The first kappa shape index (κ1) is 14.7. The minimum atomic E-state index is -1.39. The van der Waals surface area contributed by atoms with Crippen molar-refractivity contribution in [2.75, 3.05) is 5.73 Å². The Kier molecular flexibility index (Phi) is 4.76. The summed E-state index contributed by atoms with van der Waals surface area (Å²) < 4.78 is 27.5. The predicted octanol–water partition coefficient (Wildman–Crippen LogP) is 4.24. The molecular weight excluding hydrogens is 397 g/mol. The van der Waals surface area contributed by atoms with Gasteiger partial charge >= 0.3 is 0 Å². The van der Waals surface area contributed by atoms with E-state index in [4.69, 9.17) is 5.73 Å². The van der Waals surface area contributed by atoms with Crippen LogP contribution in [0.2, 0.25) is 0 Å². The zero-order valence-electron chi connectivity index (χ0n) is 9.70. The largest absolute Gasteiger partial charge is 0.398 e. The van der Waals surface area contributed by atoms with Crippen LogP contribution in [-0.2, 0) is 16.6 Å². The van der Waals surface area contributed by atoms with Gasteiger partial charge in [0.2, 0.25) is 0 Å². The smallest absolute Gasteiger partial charge is 0.127 e. The van der Waals surface area contributed by atoms with Crippen LogP contribution in [0.15, 0.2) is 50.2 Å². The Balaban J connectivity index is 2.30. The summed E-state index contributed by atoms with van der Waals surface area (Å²) in [5.74, 6) is -0.281. The molecular formula is C13H10Br2FNOS. The van der Waals surface area contributed by atoms with Crippen molar-refractivity contribution in [1.82, 2.24) is 0 Å². The normalized spacial score (nSPS) is 12.4. The van der Waals surface area contributed by atoms with Gasteiger partial charge in [0.25, 0.3) is 0 Å². The summed E-state index contributed by atoms with van der Waals surface area (Å²) >= 11 is 6.58. The van der Waals surface area contributed by atoms with E-state index < -0.39 is 10.8 Å². The highest BCUT2D eigenvalue weighted by molar-refractivity contribution is 9.10. The second kappa shape index (κ2) is 6.15. The van der Waals surface area contributed by atoms with Crippen molar-refractivity contribution in [3.05, 3.63) is 56.7 Å². The fourth-order valence-corrected chi connectivity index (χ4v) is 3.75. The van der Waals surface area contributed by atoms with Crippen molar-refractivity contribution in [1.29, 1.82) is 0 Å². The molecule has 1 unspecified atom stereocenters. The molecule has 0 aliphatic rings. The Bertz CT molecular complexity index is 649. The number of nitrogen functional groups attached to an aromatic ring is 1. The molecule has 1 atom stereocenters. The Labute approximate surface area is 129 Å². The summed E-state index contributed by atoms with van der Waals surface area (Å²) in [5.41, 5.74) is 6.63. The molecule has 0 bridgehead atoms. The molecule has 0 aliphatic carbocycles. The lowest BCUT2D eigenvalue weighted by atomic mass is 10.2. The second-order valence-corrected chi connectivity index (χ2v) is 7.16. The average Bonchev–Trinajstić information content (AvgIpc) is 2.36. The fourth-order valence-electron chi connectivity index (χ4n) is 1.58. The first-order valence-electron chi connectivity index (χ1n) is 5.34. The molecule has 0 aliphatic heterocycles. The lowest BCUT2D eigenvalue weighted by molar-refractivity contribution is 0.615. The number of hydrogen-bond donors (Lipinski definition) is 1. The van der Waals surface area contributed by atoms with E-state index in [2.05, 4.69) is 31.9 Å². The zero-order chi connectivity index (χ0) is 14.0. The van der Waals surface area contributed by atoms with Gasteiger partial charge in [0, 0.05) is 20.2 Å². The Hall–Kier alpha value is -0.720. The highest BCUT2D eigenvalue weighted by Crippen LogP contribution is 2.25. The van der Waals surface area contributed by atoms with Crippen molar-refractivity contribution >= 4 is 48.3 Å². The van der Waals surface area contributed by atoms with Gasteiger partial charge < -0.3 is 5.73 Å². The molecule has 0 radical (unpaired) electrons. The molecule has 2 N–H and O–H groups in total. The summed E-state index contributed by atoms with van der Waals surface area (Å²) in [6, 6.07) is 9.73. The third-order valence-electron chi connectivity index (χ3n) is 2.52. The maximum Gasteiger partial charge on any atom is 0.127 e. The molecule has 0 amide bonds. The van der Waals surface area contributed by atoms with Crippen LogP contribution in [0.1, 0.15) is 5.56 Å². The standard InChI is InChI=1S/C13H10Br2FNOS/c14-9-1-3-11(16)8(5-9)7-19(18)13-6-10(15)2-4-12(13)17/h1-6H,7,17H2. The van der Waals surface area contributed by atoms with Crippen LogP contribution in [0.3, 0.4) is 0 Å². The monoisotopic (exact) mass is 405 g/mol. The topological polar surface area (TPSA) is 43.1 Å². The first-order valence-corrected chi connectivity index (χ1v) is 8.25. The van der Waals surface area contributed by atoms with Crippen molar-refractivity contribution in [3.8, 4) is 0 Å². The molecule has 6 heteroatoms. The summed E-state index contributed by atoms with van der Waals surface area (Å²) in [5, 5.41) is 0. The molecule has 2 aromatic carbocycles. The summed E-state index contributed by atoms with van der Waals surface area (Å²) in [7, 11) is -1.39. The van der Waals surface area contributed by atoms with Gasteiger partial charge in [-0.25, -0.2) is 4.39 Å². The Morgan fingerprint density at radius 2 is 1.74 bits per heavy atom. The van der Waals surface area contributed by atoms with Gasteiger partial charge in [-0.1, -0.05) is 31.9 Å². The van der Waals surface area contributed by atoms with E-state index in [0.29, 0.717) is 16.1 Å². The molecule has 0 heterocycles. The van der Waals surface area contributed by atoms with Gasteiger partial charge in [-0.2, -0.15) is 0 Å². The van der Waals surface area contributed by atoms with Crippen molar-refractivity contribution in [2.45, 2.75) is 10.6 Å². The van der Waals surface area contributed by atoms with E-state index in [1.807, 2.05) is 0 Å². The lowest BCUT2D eigenvalue weighted by Gasteiger charge is -2.08. The molecule has 0 spiro atoms. The van der Waals surface area contributed by atoms with Crippen molar-refractivity contribution in [2.24, 2.45) is 0 Å². The number of nitrogens with two attached hydrogens (primary N) is 1. The van der Waals surface area contributed by atoms with Gasteiger partial charge in [-0.05, 0) is 36.4 Å². The quantitative estimate of drug-likeness (QED) is 0.774. The van der Waals surface area contributed by atoms with Gasteiger partial charge in [0.15, 0.2) is 0 Å². The summed E-state index contributed by atoms with van der Waals surface area (Å²) in [6.07, 6.45) is 0. The molecule has 0 saturated heterocycles. The molecule has 2 rings (SSSR count). The molecule has 0 aromatic heterocycles. The fraction of sp³-hybridized carbons (Fsp3) is 0.0769. The van der Waals surface area contributed by atoms with Crippen LogP contribution in [0.5, 0.6) is 0 Å². The zero-order valence-corrected chi connectivity index (χ0v) is 13.7. The average molecular weight is 407 g/mol. The predicted molar refractivity (Wildman–Crippen MR) is 82.8 cm³/mol. The highest BCUT2D eigenvalue weighted by Gasteiger charge is 2.12. The SMILES string of the molecule is Nc1ccc(Br)cc1S(=O)Cc1cc(Br)ccc1F. The lowest BCUT2D eigenvalue weighted by Crippen LogP contribution is -2.02. The van der Waals surface area contributed by atoms with Crippen LogP contribution in [0.25, 0.3) is 0 Å². The third kappa shape index (κ3) is 3.64. The number of halogens is 3. The number of anilines is 1. The van der Waals surface area contributed by atoms with Gasteiger partial charge in [-0.3, -0.25) is 4.21 Å². The van der Waals surface area contributed by atoms with E-state index in [0.717, 1.165) is 8.95 Å². The molecule has 0 saturated carbocycles. The summed E-state index contributed by atoms with van der Waals surface area (Å²) in [4.78, 5) is 0.508. The highest BCUT2D eigenvalue weighted by atomic mass is 79.9. The second-order valence-electron chi connectivity index (χ2n) is 3.91. The van der Waals surface area contributed by atoms with Gasteiger partial charge in [0.05, 0.1) is 21.4 Å². The third-order valence-corrected chi connectivity index (χ3v) is 4.92. The number of benzene rings is 2. The van der Waals surface area contributed by atoms with Crippen LogP contribution >= 0.6 is 31.9 Å². The van der Waals surface area contributed by atoms with Crippen LogP contribution < -0.4 is 5.73 Å². The van der Waals surface area contributed by atoms with Crippen LogP contribution in [-0.4, -0.2) is 4.21 Å². The van der Waals surface area contributed by atoms with Gasteiger partial charge in [0.1, 0.15) is 5.82 Å². The Morgan fingerprint density at radius 3 is 2.47 bits per heavy atom. The molecule has 2 nitrogen and oxygen atoms in total. The van der Waals surface area contributed by atoms with E-state index in [1.54, 1.807) is 30.3 Å². The van der Waals surface area contributed by atoms with Crippen LogP contribution in [0, 0.1) is 5.82 Å². The van der Waals surface area contributed by atoms with Crippen molar-refractivity contribution in [3.63, 3.8) is 0 Å².